The van der Waals surface area contributed by atoms with Gasteiger partial charge in [0.1, 0.15) is 4.21 Å². The molecule has 19 heavy (non-hydrogen) atoms. The van der Waals surface area contributed by atoms with E-state index in [1.807, 2.05) is 6.92 Å². The second-order valence-corrected chi connectivity index (χ2v) is 8.53. The lowest BCUT2D eigenvalue weighted by Crippen LogP contribution is -2.39. The molecular weight excluding hydrogens is 280 g/mol. The number of sulfonamides is 1. The Hall–Kier alpha value is -0.430. The van der Waals surface area contributed by atoms with Gasteiger partial charge in [0.2, 0.25) is 10.0 Å². The van der Waals surface area contributed by atoms with E-state index in [1.165, 1.54) is 11.3 Å². The minimum Gasteiger partial charge on any atom is -0.310 e. The fraction of sp³-hybridized carbons (Fsp3) is 0.692. The molecule has 0 atom stereocenters. The topological polar surface area (TPSA) is 58.2 Å². The van der Waals surface area contributed by atoms with E-state index in [4.69, 9.17) is 0 Å². The molecule has 1 fully saturated rings. The molecule has 1 heterocycles. The fourth-order valence-corrected chi connectivity index (χ4v) is 4.76. The van der Waals surface area contributed by atoms with Crippen molar-refractivity contribution in [3.8, 4) is 0 Å². The van der Waals surface area contributed by atoms with E-state index >= 15 is 0 Å². The highest BCUT2D eigenvalue weighted by Gasteiger charge is 2.26. The van der Waals surface area contributed by atoms with Crippen LogP contribution in [0.25, 0.3) is 0 Å². The molecule has 1 aliphatic carbocycles. The lowest BCUT2D eigenvalue weighted by molar-refractivity contribution is 0.384. The van der Waals surface area contributed by atoms with E-state index < -0.39 is 10.0 Å². The Balaban J connectivity index is 2.09. The number of rotatable bonds is 6. The van der Waals surface area contributed by atoms with Crippen molar-refractivity contribution in [1.29, 1.82) is 0 Å². The molecule has 2 N–H and O–H groups in total. The average molecular weight is 302 g/mol. The molecule has 108 valence electrons. The quantitative estimate of drug-likeness (QED) is 0.848. The standard InChI is InChI=1S/C13H22N2O2S2/c1-9(2)14-8-12-10(3)7-13(18-12)19(16,17)15-11-5-4-6-11/h7,9,11,14-15H,4-6,8H2,1-3H3. The predicted octanol–water partition coefficient (Wildman–Crippen LogP) is 2.39. The molecule has 1 aliphatic rings. The monoisotopic (exact) mass is 302 g/mol. The Morgan fingerprint density at radius 2 is 2.11 bits per heavy atom. The van der Waals surface area contributed by atoms with Gasteiger partial charge in [0.25, 0.3) is 0 Å². The first-order chi connectivity index (χ1) is 8.88. The van der Waals surface area contributed by atoms with Gasteiger partial charge in [0.15, 0.2) is 0 Å². The van der Waals surface area contributed by atoms with Crippen LogP contribution in [-0.4, -0.2) is 20.5 Å². The second-order valence-electron chi connectivity index (χ2n) is 5.46. The van der Waals surface area contributed by atoms with Crippen LogP contribution in [0.4, 0.5) is 0 Å². The molecule has 2 rings (SSSR count). The Bertz CT molecular complexity index is 531. The Kier molecular flexibility index (Phi) is 4.66. The van der Waals surface area contributed by atoms with Crippen LogP contribution in [-0.2, 0) is 16.6 Å². The lowest BCUT2D eigenvalue weighted by atomic mass is 9.94. The highest BCUT2D eigenvalue weighted by Crippen LogP contribution is 2.28. The lowest BCUT2D eigenvalue weighted by Gasteiger charge is -2.25. The molecule has 0 radical (unpaired) electrons. The van der Waals surface area contributed by atoms with Crippen molar-refractivity contribution in [2.24, 2.45) is 0 Å². The average Bonchev–Trinajstić information content (AvgIpc) is 2.63. The first-order valence-corrected chi connectivity index (χ1v) is 9.03. The maximum absolute atomic E-state index is 12.2. The van der Waals surface area contributed by atoms with Crippen LogP contribution in [0.2, 0.25) is 0 Å². The van der Waals surface area contributed by atoms with Crippen molar-refractivity contribution in [2.75, 3.05) is 0 Å². The summed E-state index contributed by atoms with van der Waals surface area (Å²) in [5.41, 5.74) is 1.05. The number of hydrogen-bond donors (Lipinski definition) is 2. The van der Waals surface area contributed by atoms with Crippen LogP contribution in [0.15, 0.2) is 10.3 Å². The third-order valence-corrected chi connectivity index (χ3v) is 6.59. The first kappa shape index (κ1) is 15.0. The van der Waals surface area contributed by atoms with E-state index in [9.17, 15) is 8.42 Å². The maximum atomic E-state index is 12.2. The smallest absolute Gasteiger partial charge is 0.250 e. The van der Waals surface area contributed by atoms with E-state index in [2.05, 4.69) is 23.9 Å². The molecule has 0 unspecified atom stereocenters. The SMILES string of the molecule is Cc1cc(S(=O)(=O)NC2CCC2)sc1CNC(C)C. The molecule has 0 bridgehead atoms. The highest BCUT2D eigenvalue weighted by molar-refractivity contribution is 7.91. The molecule has 0 aliphatic heterocycles. The van der Waals surface area contributed by atoms with Crippen LogP contribution >= 0.6 is 11.3 Å². The van der Waals surface area contributed by atoms with Crippen molar-refractivity contribution < 1.29 is 8.42 Å². The van der Waals surface area contributed by atoms with E-state index in [0.717, 1.165) is 36.2 Å². The first-order valence-electron chi connectivity index (χ1n) is 6.73. The summed E-state index contributed by atoms with van der Waals surface area (Å²) in [7, 11) is -3.32. The van der Waals surface area contributed by atoms with Gasteiger partial charge in [0, 0.05) is 23.5 Å². The van der Waals surface area contributed by atoms with E-state index in [-0.39, 0.29) is 6.04 Å². The summed E-state index contributed by atoms with van der Waals surface area (Å²) in [4.78, 5) is 1.10. The number of nitrogens with one attached hydrogen (secondary N) is 2. The van der Waals surface area contributed by atoms with Gasteiger partial charge in [-0.3, -0.25) is 0 Å². The van der Waals surface area contributed by atoms with Crippen molar-refractivity contribution in [1.82, 2.24) is 10.0 Å². The summed E-state index contributed by atoms with van der Waals surface area (Å²) in [6.45, 7) is 6.86. The van der Waals surface area contributed by atoms with Gasteiger partial charge in [-0.05, 0) is 31.4 Å². The van der Waals surface area contributed by atoms with Gasteiger partial charge in [-0.15, -0.1) is 11.3 Å². The third-order valence-electron chi connectivity index (χ3n) is 3.36. The molecule has 0 amide bonds. The third kappa shape index (κ3) is 3.78. The van der Waals surface area contributed by atoms with Crippen LogP contribution in [0, 0.1) is 6.92 Å². The van der Waals surface area contributed by atoms with Crippen LogP contribution in [0.5, 0.6) is 0 Å². The number of thiophene rings is 1. The molecule has 4 nitrogen and oxygen atoms in total. The van der Waals surface area contributed by atoms with Crippen molar-refractivity contribution in [3.05, 3.63) is 16.5 Å². The minimum atomic E-state index is -3.32. The second kappa shape index (κ2) is 5.91. The van der Waals surface area contributed by atoms with Gasteiger partial charge in [0.05, 0.1) is 0 Å². The van der Waals surface area contributed by atoms with Gasteiger partial charge in [-0.1, -0.05) is 20.3 Å². The number of hydrogen-bond acceptors (Lipinski definition) is 4. The van der Waals surface area contributed by atoms with Gasteiger partial charge >= 0.3 is 0 Å². The predicted molar refractivity (Wildman–Crippen MR) is 79.0 cm³/mol. The zero-order valence-corrected chi connectivity index (χ0v) is 13.3. The molecule has 0 spiro atoms. The molecular formula is C13H22N2O2S2. The Morgan fingerprint density at radius 1 is 1.42 bits per heavy atom. The molecule has 1 aromatic heterocycles. The van der Waals surface area contributed by atoms with Crippen LogP contribution in [0.3, 0.4) is 0 Å². The zero-order chi connectivity index (χ0) is 14.0. The van der Waals surface area contributed by atoms with Crippen LogP contribution < -0.4 is 10.0 Å². The maximum Gasteiger partial charge on any atom is 0.250 e. The van der Waals surface area contributed by atoms with Gasteiger partial charge < -0.3 is 5.32 Å². The van der Waals surface area contributed by atoms with Crippen molar-refractivity contribution in [3.63, 3.8) is 0 Å². The molecule has 1 aromatic rings. The summed E-state index contributed by atoms with van der Waals surface area (Å²) >= 11 is 1.37. The summed E-state index contributed by atoms with van der Waals surface area (Å²) in [5, 5.41) is 3.33. The van der Waals surface area contributed by atoms with Gasteiger partial charge in [-0.25, -0.2) is 13.1 Å². The van der Waals surface area contributed by atoms with Crippen LogP contribution in [0.1, 0.15) is 43.6 Å². The number of aryl methyl sites for hydroxylation is 1. The van der Waals surface area contributed by atoms with Crippen molar-refractivity contribution in [2.45, 2.75) is 62.9 Å². The zero-order valence-electron chi connectivity index (χ0n) is 11.7. The summed E-state index contributed by atoms with van der Waals surface area (Å²) < 4.78 is 27.7. The Morgan fingerprint density at radius 3 is 2.63 bits per heavy atom. The normalized spacial score (nSPS) is 16.8. The van der Waals surface area contributed by atoms with Crippen molar-refractivity contribution >= 4 is 21.4 Å². The summed E-state index contributed by atoms with van der Waals surface area (Å²) in [5.74, 6) is 0. The summed E-state index contributed by atoms with van der Waals surface area (Å²) in [6, 6.07) is 2.32. The molecule has 6 heteroatoms. The van der Waals surface area contributed by atoms with E-state index in [0.29, 0.717) is 10.3 Å². The largest absolute Gasteiger partial charge is 0.310 e. The fourth-order valence-electron chi connectivity index (χ4n) is 1.90. The molecule has 0 aromatic carbocycles. The Labute approximate surface area is 119 Å². The van der Waals surface area contributed by atoms with Gasteiger partial charge in [-0.2, -0.15) is 0 Å². The molecule has 1 saturated carbocycles. The molecule has 0 saturated heterocycles. The highest BCUT2D eigenvalue weighted by atomic mass is 32.2. The minimum absolute atomic E-state index is 0.143. The summed E-state index contributed by atoms with van der Waals surface area (Å²) in [6.07, 6.45) is 3.05. The van der Waals surface area contributed by atoms with E-state index in [1.54, 1.807) is 6.07 Å².